The van der Waals surface area contributed by atoms with E-state index in [1.54, 1.807) is 17.8 Å². The second-order valence-corrected chi connectivity index (χ2v) is 5.05. The predicted octanol–water partition coefficient (Wildman–Crippen LogP) is 3.00. The molecule has 0 amide bonds. The predicted molar refractivity (Wildman–Crippen MR) is 76.3 cm³/mol. The third-order valence-corrected chi connectivity index (χ3v) is 3.71. The van der Waals surface area contributed by atoms with E-state index in [9.17, 15) is 4.39 Å². The average Bonchev–Trinajstić information content (AvgIpc) is 2.96. The number of rotatable bonds is 3. The summed E-state index contributed by atoms with van der Waals surface area (Å²) in [6.45, 7) is 2.36. The number of hydrogen-bond acceptors (Lipinski definition) is 2. The summed E-state index contributed by atoms with van der Waals surface area (Å²) in [5.41, 5.74) is 3.16. The van der Waals surface area contributed by atoms with Crippen LogP contribution in [0.3, 0.4) is 0 Å². The zero-order chi connectivity index (χ0) is 14.3. The third-order valence-electron chi connectivity index (χ3n) is 3.47. The van der Waals surface area contributed by atoms with E-state index >= 15 is 0 Å². The van der Waals surface area contributed by atoms with Crippen LogP contribution in [-0.4, -0.2) is 19.3 Å². The quantitative estimate of drug-likeness (QED) is 0.696. The summed E-state index contributed by atoms with van der Waals surface area (Å²) in [6, 6.07) is 5.21. The van der Waals surface area contributed by atoms with Crippen LogP contribution in [0.4, 0.5) is 4.39 Å². The summed E-state index contributed by atoms with van der Waals surface area (Å²) >= 11 is 5.96. The summed E-state index contributed by atoms with van der Waals surface area (Å²) < 4.78 is 17.5. The van der Waals surface area contributed by atoms with Gasteiger partial charge in [-0.3, -0.25) is 4.68 Å². The Kier molecular flexibility index (Phi) is 3.22. The van der Waals surface area contributed by atoms with Crippen molar-refractivity contribution >= 4 is 22.6 Å². The van der Waals surface area contributed by atoms with Crippen LogP contribution in [0.2, 0.25) is 0 Å². The van der Waals surface area contributed by atoms with E-state index in [1.807, 2.05) is 23.7 Å². The van der Waals surface area contributed by atoms with E-state index in [1.165, 1.54) is 6.07 Å². The third kappa shape index (κ3) is 2.08. The Morgan fingerprint density at radius 2 is 2.15 bits per heavy atom. The molecule has 0 bridgehead atoms. The second kappa shape index (κ2) is 4.90. The molecule has 0 radical (unpaired) electrons. The van der Waals surface area contributed by atoms with Crippen molar-refractivity contribution in [3.8, 4) is 0 Å². The first kappa shape index (κ1) is 13.1. The van der Waals surface area contributed by atoms with Gasteiger partial charge in [0.2, 0.25) is 0 Å². The van der Waals surface area contributed by atoms with Gasteiger partial charge in [0.15, 0.2) is 0 Å². The molecule has 0 aliphatic carbocycles. The van der Waals surface area contributed by atoms with Crippen LogP contribution in [0.5, 0.6) is 0 Å². The molecule has 0 aliphatic rings. The van der Waals surface area contributed by atoms with Crippen molar-refractivity contribution in [3.63, 3.8) is 0 Å². The molecule has 104 valence electrons. The van der Waals surface area contributed by atoms with Crippen molar-refractivity contribution in [2.24, 2.45) is 7.05 Å². The van der Waals surface area contributed by atoms with Gasteiger partial charge >= 0.3 is 0 Å². The molecule has 0 fully saturated rings. The van der Waals surface area contributed by atoms with Gasteiger partial charge in [-0.2, -0.15) is 5.10 Å². The van der Waals surface area contributed by atoms with Crippen molar-refractivity contribution in [2.75, 3.05) is 0 Å². The Hall–Kier alpha value is -1.88. The molecule has 0 aliphatic heterocycles. The van der Waals surface area contributed by atoms with E-state index < -0.39 is 0 Å². The Labute approximate surface area is 120 Å². The van der Waals surface area contributed by atoms with Crippen molar-refractivity contribution in [3.05, 3.63) is 47.3 Å². The fourth-order valence-electron chi connectivity index (χ4n) is 2.30. The van der Waals surface area contributed by atoms with Crippen molar-refractivity contribution in [1.29, 1.82) is 0 Å². The molecule has 0 saturated carbocycles. The van der Waals surface area contributed by atoms with E-state index in [0.29, 0.717) is 17.6 Å². The van der Waals surface area contributed by atoms with Gasteiger partial charge in [-0.1, -0.05) is 0 Å². The van der Waals surface area contributed by atoms with Crippen LogP contribution in [0.15, 0.2) is 24.4 Å². The van der Waals surface area contributed by atoms with Crippen LogP contribution in [0.25, 0.3) is 11.0 Å². The Morgan fingerprint density at radius 3 is 2.80 bits per heavy atom. The lowest BCUT2D eigenvalue weighted by atomic mass is 10.2. The van der Waals surface area contributed by atoms with Crippen molar-refractivity contribution in [2.45, 2.75) is 19.3 Å². The largest absolute Gasteiger partial charge is 0.321 e. The summed E-state index contributed by atoms with van der Waals surface area (Å²) in [5, 5.41) is 4.15. The Balaban J connectivity index is 2.17. The Bertz CT molecular complexity index is 775. The maximum absolute atomic E-state index is 13.6. The lowest BCUT2D eigenvalue weighted by Gasteiger charge is -2.08. The topological polar surface area (TPSA) is 35.6 Å². The molecule has 1 aromatic carbocycles. The summed E-state index contributed by atoms with van der Waals surface area (Å²) in [5.74, 6) is 0.768. The van der Waals surface area contributed by atoms with Crippen LogP contribution >= 0.6 is 11.6 Å². The molecular formula is C14H14ClFN4. The second-order valence-electron chi connectivity index (χ2n) is 4.78. The first-order valence-electron chi connectivity index (χ1n) is 6.28. The average molecular weight is 293 g/mol. The molecule has 0 spiro atoms. The molecular weight excluding hydrogens is 279 g/mol. The van der Waals surface area contributed by atoms with Crippen LogP contribution in [0, 0.1) is 12.7 Å². The molecule has 4 nitrogen and oxygen atoms in total. The molecule has 2 aromatic heterocycles. The van der Waals surface area contributed by atoms with Gasteiger partial charge in [-0.25, -0.2) is 9.37 Å². The van der Waals surface area contributed by atoms with Gasteiger partial charge in [0.1, 0.15) is 11.6 Å². The lowest BCUT2D eigenvalue weighted by molar-refractivity contribution is 0.620. The summed E-state index contributed by atoms with van der Waals surface area (Å²) in [6.07, 6.45) is 1.75. The smallest absolute Gasteiger partial charge is 0.128 e. The maximum atomic E-state index is 13.6. The highest BCUT2D eigenvalue weighted by Gasteiger charge is 2.13. The molecule has 0 saturated heterocycles. The van der Waals surface area contributed by atoms with E-state index in [-0.39, 0.29) is 11.7 Å². The van der Waals surface area contributed by atoms with Crippen molar-refractivity contribution < 1.29 is 4.39 Å². The highest BCUT2D eigenvalue weighted by molar-refractivity contribution is 6.16. The number of nitrogens with zero attached hydrogens (tertiary/aromatic N) is 4. The first-order chi connectivity index (χ1) is 9.60. The van der Waals surface area contributed by atoms with Gasteiger partial charge in [-0.15, -0.1) is 11.6 Å². The highest BCUT2D eigenvalue weighted by atomic mass is 35.5. The number of benzene rings is 1. The molecule has 3 rings (SSSR count). The molecule has 0 unspecified atom stereocenters. The van der Waals surface area contributed by atoms with Crippen LogP contribution in [-0.2, 0) is 19.5 Å². The molecule has 0 N–H and O–H groups in total. The molecule has 0 atom stereocenters. The zero-order valence-electron chi connectivity index (χ0n) is 11.3. The highest BCUT2D eigenvalue weighted by Crippen LogP contribution is 2.22. The number of halogens is 2. The van der Waals surface area contributed by atoms with Crippen LogP contribution in [0.1, 0.15) is 17.1 Å². The van der Waals surface area contributed by atoms with Crippen LogP contribution < -0.4 is 0 Å². The SMILES string of the molecule is Cc1cc2c(cc1F)nc(CCl)n2Cc1ccnn1C. The van der Waals surface area contributed by atoms with Gasteiger partial charge in [0.25, 0.3) is 0 Å². The summed E-state index contributed by atoms with van der Waals surface area (Å²) in [4.78, 5) is 4.40. The fraction of sp³-hybridized carbons (Fsp3) is 0.286. The Morgan fingerprint density at radius 1 is 1.35 bits per heavy atom. The normalized spacial score (nSPS) is 11.4. The number of aromatic nitrogens is 4. The number of aryl methyl sites for hydroxylation is 2. The van der Waals surface area contributed by atoms with Gasteiger partial charge < -0.3 is 4.57 Å². The molecule has 6 heteroatoms. The van der Waals surface area contributed by atoms with E-state index in [2.05, 4.69) is 10.1 Å². The maximum Gasteiger partial charge on any atom is 0.128 e. The standard InChI is InChI=1S/C14H14ClFN4/c1-9-5-13-12(6-11(9)16)18-14(7-15)20(13)8-10-3-4-17-19(10)2/h3-6H,7-8H2,1-2H3. The molecule has 3 aromatic rings. The monoisotopic (exact) mass is 292 g/mol. The van der Waals surface area contributed by atoms with E-state index in [0.717, 1.165) is 17.0 Å². The van der Waals surface area contributed by atoms with E-state index in [4.69, 9.17) is 11.6 Å². The number of fused-ring (bicyclic) bond motifs is 1. The van der Waals surface area contributed by atoms with Gasteiger partial charge in [-0.05, 0) is 24.6 Å². The number of hydrogen-bond donors (Lipinski definition) is 0. The number of alkyl halides is 1. The summed E-state index contributed by atoms with van der Waals surface area (Å²) in [7, 11) is 1.89. The molecule has 2 heterocycles. The minimum Gasteiger partial charge on any atom is -0.321 e. The first-order valence-corrected chi connectivity index (χ1v) is 6.81. The number of imidazole rings is 1. The molecule has 20 heavy (non-hydrogen) atoms. The minimum atomic E-state index is -0.246. The van der Waals surface area contributed by atoms with Crippen molar-refractivity contribution in [1.82, 2.24) is 19.3 Å². The minimum absolute atomic E-state index is 0.246. The fourth-order valence-corrected chi connectivity index (χ4v) is 2.50. The lowest BCUT2D eigenvalue weighted by Crippen LogP contribution is -2.08. The van der Waals surface area contributed by atoms with Gasteiger partial charge in [0, 0.05) is 19.3 Å². The van der Waals surface area contributed by atoms with Gasteiger partial charge in [0.05, 0.1) is 29.2 Å². The zero-order valence-corrected chi connectivity index (χ0v) is 12.0.